The second-order valence-corrected chi connectivity index (χ2v) is 14.4. The number of nitrogens with one attached hydrogen (secondary N) is 1. The average Bonchev–Trinajstić information content (AvgIpc) is 3.55. The lowest BCUT2D eigenvalue weighted by Crippen LogP contribution is -2.71. The molecule has 21 heteroatoms. The molecule has 0 bridgehead atoms. The lowest BCUT2D eigenvalue weighted by molar-refractivity contribution is -0.150. The molecule has 16 nitrogen and oxygen atoms in total. The van der Waals surface area contributed by atoms with Gasteiger partial charge in [-0.1, -0.05) is 34.4 Å². The number of aliphatic carboxylic acids is 1. The minimum absolute atomic E-state index is 0.0321. The molecule has 1 fully saturated rings. The number of β-lactam (4-membered cyclic amide) rings is 1. The Hall–Kier alpha value is -4.95. The van der Waals surface area contributed by atoms with Gasteiger partial charge in [0.1, 0.15) is 40.8 Å². The van der Waals surface area contributed by atoms with Gasteiger partial charge in [-0.25, -0.2) is 19.7 Å². The number of thiazole rings is 1. The Morgan fingerprint density at radius 3 is 2.65 bits per heavy atom. The first-order valence-electron chi connectivity index (χ1n) is 14.3. The van der Waals surface area contributed by atoms with Gasteiger partial charge in [-0.05, 0) is 29.3 Å². The number of rotatable bonds is 11. The van der Waals surface area contributed by atoms with Crippen LogP contribution in [0.1, 0.15) is 11.3 Å². The molecule has 8 N–H and O–H groups in total. The van der Waals surface area contributed by atoms with E-state index >= 15 is 0 Å². The molecule has 4 heterocycles. The van der Waals surface area contributed by atoms with Crippen LogP contribution in [0.25, 0.3) is 11.1 Å². The van der Waals surface area contributed by atoms with Gasteiger partial charge in [0.2, 0.25) is 0 Å². The number of phenols is 4. The molecule has 6 rings (SSSR count). The van der Waals surface area contributed by atoms with Gasteiger partial charge in [0.05, 0.1) is 10.0 Å². The summed E-state index contributed by atoms with van der Waals surface area (Å²) < 4.78 is 0. The lowest BCUT2D eigenvalue weighted by atomic mass is 10.0. The molecule has 2 aliphatic heterocycles. The molecule has 1 saturated heterocycles. The van der Waals surface area contributed by atoms with E-state index in [1.165, 1.54) is 59.6 Å². The standard InChI is InChI=1S/C30H23Cl2N7O9S3/c31-15-3-12(19(32)24(43)23(15)42)6-48-38-20(16-9-51-30(33)36-16)25(44)37-21-27(45)39-22(29(46)47)13(8-50-28(21)39)7-49-26-14(5-34-10-35-26)11-1-2-17(40)18(41)4-11/h1-5,9-10,21,28,40-43H,6-8H2,(H2,33,36)(H,37,44)(H,46,47)/t21-,28-/m1/s1. The first-order chi connectivity index (χ1) is 24.3. The predicted molar refractivity (Wildman–Crippen MR) is 189 cm³/mol. The number of amides is 2. The maximum absolute atomic E-state index is 13.5. The quantitative estimate of drug-likeness (QED) is 0.0285. The predicted octanol–water partition coefficient (Wildman–Crippen LogP) is 3.76. The van der Waals surface area contributed by atoms with Crippen molar-refractivity contribution in [2.24, 2.45) is 5.16 Å². The minimum atomic E-state index is -1.33. The average molecular weight is 793 g/mol. The Labute approximate surface area is 309 Å². The monoisotopic (exact) mass is 791 g/mol. The highest BCUT2D eigenvalue weighted by Gasteiger charge is 2.54. The summed E-state index contributed by atoms with van der Waals surface area (Å²) in [5.74, 6) is -4.41. The first-order valence-corrected chi connectivity index (χ1v) is 18.0. The number of anilines is 1. The highest BCUT2D eigenvalue weighted by atomic mass is 35.5. The lowest BCUT2D eigenvalue weighted by Gasteiger charge is -2.49. The van der Waals surface area contributed by atoms with Crippen LogP contribution >= 0.6 is 58.1 Å². The van der Waals surface area contributed by atoms with Crippen LogP contribution in [0.3, 0.4) is 0 Å². The molecule has 0 unspecified atom stereocenters. The topological polar surface area (TPSA) is 254 Å². The number of hydrogen-bond acceptors (Lipinski definition) is 16. The number of benzene rings is 2. The molecular formula is C30H23Cl2N7O9S3. The number of nitrogens with two attached hydrogens (primary N) is 1. The van der Waals surface area contributed by atoms with Crippen LogP contribution in [-0.2, 0) is 25.8 Å². The van der Waals surface area contributed by atoms with Gasteiger partial charge < -0.3 is 41.4 Å². The van der Waals surface area contributed by atoms with E-state index in [1.807, 2.05) is 0 Å². The number of carbonyl (C=O) groups excluding carboxylic acids is 2. The van der Waals surface area contributed by atoms with Crippen LogP contribution in [0.2, 0.25) is 10.0 Å². The van der Waals surface area contributed by atoms with Crippen LogP contribution in [0, 0.1) is 0 Å². The van der Waals surface area contributed by atoms with Crippen molar-refractivity contribution in [3.63, 3.8) is 0 Å². The van der Waals surface area contributed by atoms with Crippen LogP contribution in [0.4, 0.5) is 5.13 Å². The van der Waals surface area contributed by atoms with E-state index in [2.05, 4.69) is 25.4 Å². The van der Waals surface area contributed by atoms with E-state index in [0.29, 0.717) is 21.7 Å². The number of thioether (sulfide) groups is 2. The summed E-state index contributed by atoms with van der Waals surface area (Å²) in [6.45, 7) is -0.390. The molecule has 2 aromatic heterocycles. The highest BCUT2D eigenvalue weighted by molar-refractivity contribution is 8.01. The zero-order chi connectivity index (χ0) is 36.6. The summed E-state index contributed by atoms with van der Waals surface area (Å²) in [6, 6.07) is 4.38. The fraction of sp³-hybridized carbons (Fsp3) is 0.167. The Morgan fingerprint density at radius 1 is 1.16 bits per heavy atom. The maximum atomic E-state index is 13.5. The van der Waals surface area contributed by atoms with Crippen LogP contribution in [0.15, 0.2) is 63.6 Å². The third-order valence-corrected chi connectivity index (χ3v) is 11.3. The number of hydrogen-bond donors (Lipinski definition) is 7. The number of nitrogens with zero attached hydrogens (tertiary/aromatic N) is 5. The second kappa shape index (κ2) is 14.7. The Balaban J connectivity index is 1.18. The third-order valence-electron chi connectivity index (χ3n) is 7.48. The smallest absolute Gasteiger partial charge is 0.352 e. The molecule has 0 saturated carbocycles. The molecule has 264 valence electrons. The van der Waals surface area contributed by atoms with Crippen molar-refractivity contribution < 1.29 is 44.8 Å². The van der Waals surface area contributed by atoms with E-state index in [4.69, 9.17) is 33.8 Å². The molecule has 51 heavy (non-hydrogen) atoms. The number of oxime groups is 1. The number of carboxylic acids is 1. The fourth-order valence-corrected chi connectivity index (χ4v) is 8.45. The molecule has 0 spiro atoms. The van der Waals surface area contributed by atoms with Gasteiger partial charge >= 0.3 is 5.97 Å². The van der Waals surface area contributed by atoms with Crippen molar-refractivity contribution >= 4 is 86.7 Å². The largest absolute Gasteiger partial charge is 0.504 e. The third kappa shape index (κ3) is 7.15. The molecule has 2 atom stereocenters. The summed E-state index contributed by atoms with van der Waals surface area (Å²) in [5.41, 5.74) is 6.87. The molecule has 0 radical (unpaired) electrons. The van der Waals surface area contributed by atoms with Crippen molar-refractivity contribution in [1.82, 2.24) is 25.2 Å². The minimum Gasteiger partial charge on any atom is -0.504 e. The highest BCUT2D eigenvalue weighted by Crippen LogP contribution is 2.43. The van der Waals surface area contributed by atoms with E-state index in [1.54, 1.807) is 6.07 Å². The van der Waals surface area contributed by atoms with Gasteiger partial charge in [0.15, 0.2) is 33.8 Å². The Bertz CT molecular complexity index is 2150. The van der Waals surface area contributed by atoms with E-state index in [0.717, 1.165) is 16.2 Å². The summed E-state index contributed by atoms with van der Waals surface area (Å²) in [4.78, 5) is 58.2. The van der Waals surface area contributed by atoms with E-state index in [9.17, 15) is 39.9 Å². The number of nitrogen functional groups attached to an aromatic ring is 1. The van der Waals surface area contributed by atoms with Gasteiger partial charge in [-0.15, -0.1) is 34.9 Å². The van der Waals surface area contributed by atoms with Crippen molar-refractivity contribution in [2.75, 3.05) is 17.2 Å². The summed E-state index contributed by atoms with van der Waals surface area (Å²) >= 11 is 15.5. The molecular weight excluding hydrogens is 769 g/mol. The van der Waals surface area contributed by atoms with Crippen molar-refractivity contribution in [3.8, 4) is 34.1 Å². The summed E-state index contributed by atoms with van der Waals surface area (Å²) in [6.07, 6.45) is 2.85. The fourth-order valence-electron chi connectivity index (χ4n) is 5.01. The number of halogens is 2. The summed E-state index contributed by atoms with van der Waals surface area (Å²) in [5, 5.41) is 56.9. The van der Waals surface area contributed by atoms with Crippen LogP contribution in [-0.4, -0.2) is 91.8 Å². The Morgan fingerprint density at radius 2 is 1.94 bits per heavy atom. The van der Waals surface area contributed by atoms with Gasteiger partial charge in [0, 0.05) is 34.2 Å². The Kier molecular flexibility index (Phi) is 10.4. The van der Waals surface area contributed by atoms with E-state index in [-0.39, 0.29) is 60.8 Å². The number of phenolic OH excluding ortho intramolecular Hbond substituents is 4. The molecule has 2 aliphatic rings. The first kappa shape index (κ1) is 35.9. The van der Waals surface area contributed by atoms with Crippen molar-refractivity contribution in [3.05, 3.63) is 74.7 Å². The van der Waals surface area contributed by atoms with Crippen molar-refractivity contribution in [2.45, 2.75) is 23.0 Å². The number of aromatic hydroxyl groups is 4. The molecule has 2 amide bonds. The van der Waals surface area contributed by atoms with Crippen LogP contribution < -0.4 is 11.1 Å². The zero-order valence-electron chi connectivity index (χ0n) is 25.5. The number of carboxylic acid groups (broad SMARTS) is 1. The van der Waals surface area contributed by atoms with Crippen LogP contribution in [0.5, 0.6) is 23.0 Å². The number of fused-ring (bicyclic) bond motifs is 1. The molecule has 4 aromatic rings. The molecule has 0 aliphatic carbocycles. The van der Waals surface area contributed by atoms with Crippen molar-refractivity contribution in [1.29, 1.82) is 0 Å². The van der Waals surface area contributed by atoms with Gasteiger partial charge in [-0.3, -0.25) is 14.5 Å². The second-order valence-electron chi connectivity index (χ2n) is 10.7. The number of aromatic nitrogens is 3. The van der Waals surface area contributed by atoms with Gasteiger partial charge in [-0.2, -0.15) is 0 Å². The zero-order valence-corrected chi connectivity index (χ0v) is 29.4. The maximum Gasteiger partial charge on any atom is 0.352 e. The SMILES string of the molecule is Nc1nc(C(=NOCc2cc(Cl)c(O)c(O)c2Cl)C(=O)N[C@@H]2C(=O)N3C(C(=O)O)=C(CSc4ncncc4-c4ccc(O)c(O)c4)CS[C@H]23)cs1. The summed E-state index contributed by atoms with van der Waals surface area (Å²) in [7, 11) is 0. The van der Waals surface area contributed by atoms with Gasteiger partial charge in [0.25, 0.3) is 11.8 Å². The van der Waals surface area contributed by atoms with E-state index < -0.39 is 47.3 Å². The molecule has 2 aromatic carbocycles. The normalized spacial score (nSPS) is 17.2. The number of carbonyl (C=O) groups is 3.